The molecule has 3 rings (SSSR count). The van der Waals surface area contributed by atoms with Gasteiger partial charge in [0.2, 0.25) is 6.10 Å². The van der Waals surface area contributed by atoms with E-state index in [2.05, 4.69) is 5.32 Å². The molecule has 1 aliphatic heterocycles. The number of aryl methyl sites for hydroxylation is 2. The highest BCUT2D eigenvalue weighted by atomic mass is 16.6. The van der Waals surface area contributed by atoms with Crippen molar-refractivity contribution in [2.75, 3.05) is 11.9 Å². The minimum absolute atomic E-state index is 0.201. The predicted molar refractivity (Wildman–Crippen MR) is 80.9 cm³/mol. The Bertz CT molecular complexity index is 681. The van der Waals surface area contributed by atoms with Crippen LogP contribution in [0, 0.1) is 13.8 Å². The minimum atomic E-state index is -0.637. The first-order valence-electron chi connectivity index (χ1n) is 6.90. The van der Waals surface area contributed by atoms with Crippen LogP contribution in [-0.2, 0) is 4.79 Å². The summed E-state index contributed by atoms with van der Waals surface area (Å²) in [7, 11) is 0. The minimum Gasteiger partial charge on any atom is -0.485 e. The van der Waals surface area contributed by atoms with Crippen LogP contribution in [0.3, 0.4) is 0 Å². The fraction of sp³-hybridized carbons (Fsp3) is 0.235. The molecule has 0 fully saturated rings. The average molecular weight is 283 g/mol. The highest BCUT2D eigenvalue weighted by molar-refractivity contribution is 5.94. The van der Waals surface area contributed by atoms with Crippen molar-refractivity contribution in [3.63, 3.8) is 0 Å². The Hall–Kier alpha value is -2.49. The second-order valence-electron chi connectivity index (χ2n) is 5.15. The van der Waals surface area contributed by atoms with Crippen LogP contribution in [0.25, 0.3) is 0 Å². The van der Waals surface area contributed by atoms with Gasteiger partial charge in [-0.3, -0.25) is 4.79 Å². The summed E-state index contributed by atoms with van der Waals surface area (Å²) in [6, 6.07) is 13.2. The van der Waals surface area contributed by atoms with Crippen LogP contribution in [-0.4, -0.2) is 18.6 Å². The van der Waals surface area contributed by atoms with Gasteiger partial charge in [-0.2, -0.15) is 0 Å². The van der Waals surface area contributed by atoms with E-state index < -0.39 is 6.10 Å². The highest BCUT2D eigenvalue weighted by Crippen LogP contribution is 2.31. The van der Waals surface area contributed by atoms with E-state index in [0.717, 1.165) is 11.3 Å². The van der Waals surface area contributed by atoms with Gasteiger partial charge in [-0.15, -0.1) is 0 Å². The van der Waals surface area contributed by atoms with E-state index in [9.17, 15) is 4.79 Å². The van der Waals surface area contributed by atoms with Crippen molar-refractivity contribution in [2.45, 2.75) is 20.0 Å². The Labute approximate surface area is 123 Å². The van der Waals surface area contributed by atoms with Gasteiger partial charge in [0.05, 0.1) is 0 Å². The Morgan fingerprint density at radius 3 is 2.62 bits per heavy atom. The van der Waals surface area contributed by atoms with Gasteiger partial charge < -0.3 is 14.8 Å². The van der Waals surface area contributed by atoms with Crippen LogP contribution in [0.2, 0.25) is 0 Å². The molecule has 2 aromatic carbocycles. The van der Waals surface area contributed by atoms with Crippen molar-refractivity contribution in [3.05, 3.63) is 53.6 Å². The molecule has 4 heteroatoms. The summed E-state index contributed by atoms with van der Waals surface area (Å²) in [5, 5.41) is 2.87. The third kappa shape index (κ3) is 2.84. The quantitative estimate of drug-likeness (QED) is 0.921. The fourth-order valence-electron chi connectivity index (χ4n) is 2.19. The lowest BCUT2D eigenvalue weighted by Gasteiger charge is -2.25. The largest absolute Gasteiger partial charge is 0.485 e. The molecule has 0 spiro atoms. The Morgan fingerprint density at radius 2 is 1.86 bits per heavy atom. The molecule has 4 nitrogen and oxygen atoms in total. The molecule has 0 saturated carbocycles. The molecule has 21 heavy (non-hydrogen) atoms. The first kappa shape index (κ1) is 13.5. The molecule has 1 aliphatic rings. The maximum absolute atomic E-state index is 12.3. The number of para-hydroxylation sites is 2. The van der Waals surface area contributed by atoms with Gasteiger partial charge in [-0.25, -0.2) is 0 Å². The predicted octanol–water partition coefficient (Wildman–Crippen LogP) is 3.08. The summed E-state index contributed by atoms with van der Waals surface area (Å²) in [6.45, 7) is 4.27. The van der Waals surface area contributed by atoms with E-state index in [0.29, 0.717) is 11.5 Å². The number of benzene rings is 2. The van der Waals surface area contributed by atoms with Crippen molar-refractivity contribution in [3.8, 4) is 11.5 Å². The van der Waals surface area contributed by atoms with Crippen LogP contribution in [0.5, 0.6) is 11.5 Å². The van der Waals surface area contributed by atoms with Crippen LogP contribution in [0.4, 0.5) is 5.69 Å². The number of hydrogen-bond acceptors (Lipinski definition) is 3. The summed E-state index contributed by atoms with van der Waals surface area (Å²) >= 11 is 0. The number of ether oxygens (including phenoxy) is 2. The number of carbonyl (C=O) groups is 1. The topological polar surface area (TPSA) is 47.6 Å². The van der Waals surface area contributed by atoms with E-state index in [1.54, 1.807) is 6.07 Å². The third-order valence-corrected chi connectivity index (χ3v) is 3.58. The summed E-state index contributed by atoms with van der Waals surface area (Å²) in [5.74, 6) is 1.07. The maximum Gasteiger partial charge on any atom is 0.269 e. The van der Waals surface area contributed by atoms with Crippen molar-refractivity contribution in [1.82, 2.24) is 0 Å². The molecule has 108 valence electrons. The van der Waals surface area contributed by atoms with E-state index in [-0.39, 0.29) is 12.5 Å². The molecule has 1 atom stereocenters. The number of anilines is 1. The number of carbonyl (C=O) groups excluding carboxylic acids is 1. The third-order valence-electron chi connectivity index (χ3n) is 3.58. The zero-order valence-electron chi connectivity index (χ0n) is 12.1. The smallest absolute Gasteiger partial charge is 0.269 e. The van der Waals surface area contributed by atoms with E-state index in [1.165, 1.54) is 5.56 Å². The molecule has 0 radical (unpaired) electrons. The second-order valence-corrected chi connectivity index (χ2v) is 5.15. The standard InChI is InChI=1S/C17H17NO3/c1-11-7-8-13(9-12(11)2)18-17(19)16-10-20-14-5-3-4-6-15(14)21-16/h3-9,16H,10H2,1-2H3,(H,18,19)/t16-/m1/s1. The number of fused-ring (bicyclic) bond motifs is 1. The zero-order valence-corrected chi connectivity index (χ0v) is 12.1. The molecular weight excluding hydrogens is 266 g/mol. The maximum atomic E-state index is 12.3. The molecule has 1 N–H and O–H groups in total. The summed E-state index contributed by atoms with van der Waals surface area (Å²) in [6.07, 6.45) is -0.637. The highest BCUT2D eigenvalue weighted by Gasteiger charge is 2.27. The van der Waals surface area contributed by atoms with Gasteiger partial charge in [0, 0.05) is 5.69 Å². The number of hydrogen-bond donors (Lipinski definition) is 1. The number of nitrogens with one attached hydrogen (secondary N) is 1. The molecular formula is C17H17NO3. The summed E-state index contributed by atoms with van der Waals surface area (Å²) in [5.41, 5.74) is 3.10. The van der Waals surface area contributed by atoms with Crippen molar-refractivity contribution < 1.29 is 14.3 Å². The molecule has 0 aliphatic carbocycles. The van der Waals surface area contributed by atoms with E-state index in [1.807, 2.05) is 50.2 Å². The summed E-state index contributed by atoms with van der Waals surface area (Å²) < 4.78 is 11.2. The van der Waals surface area contributed by atoms with Crippen LogP contribution in [0.1, 0.15) is 11.1 Å². The molecule has 0 aromatic heterocycles. The van der Waals surface area contributed by atoms with Gasteiger partial charge in [0.1, 0.15) is 6.61 Å². The van der Waals surface area contributed by atoms with Crippen LogP contribution >= 0.6 is 0 Å². The molecule has 0 saturated heterocycles. The van der Waals surface area contributed by atoms with Gasteiger partial charge in [-0.05, 0) is 49.2 Å². The van der Waals surface area contributed by atoms with Crippen LogP contribution in [0.15, 0.2) is 42.5 Å². The Balaban J connectivity index is 1.70. The molecule has 1 amide bonds. The second kappa shape index (κ2) is 5.48. The number of amides is 1. The number of rotatable bonds is 2. The molecule has 0 bridgehead atoms. The normalized spacial score (nSPS) is 16.4. The van der Waals surface area contributed by atoms with Gasteiger partial charge >= 0.3 is 0 Å². The lowest BCUT2D eigenvalue weighted by molar-refractivity contribution is -0.125. The molecule has 2 aromatic rings. The molecule has 0 unspecified atom stereocenters. The SMILES string of the molecule is Cc1ccc(NC(=O)[C@H]2COc3ccccc3O2)cc1C. The first-order chi connectivity index (χ1) is 10.1. The average Bonchev–Trinajstić information content (AvgIpc) is 2.50. The lowest BCUT2D eigenvalue weighted by Crippen LogP contribution is -2.40. The Kier molecular flexibility index (Phi) is 3.52. The van der Waals surface area contributed by atoms with Crippen molar-refractivity contribution in [2.24, 2.45) is 0 Å². The van der Waals surface area contributed by atoms with Gasteiger partial charge in [0.15, 0.2) is 11.5 Å². The van der Waals surface area contributed by atoms with E-state index >= 15 is 0 Å². The fourth-order valence-corrected chi connectivity index (χ4v) is 2.19. The monoisotopic (exact) mass is 283 g/mol. The van der Waals surface area contributed by atoms with Crippen LogP contribution < -0.4 is 14.8 Å². The first-order valence-corrected chi connectivity index (χ1v) is 6.90. The zero-order chi connectivity index (χ0) is 14.8. The Morgan fingerprint density at radius 1 is 1.10 bits per heavy atom. The van der Waals surface area contributed by atoms with Gasteiger partial charge in [-0.1, -0.05) is 18.2 Å². The van der Waals surface area contributed by atoms with E-state index in [4.69, 9.17) is 9.47 Å². The lowest BCUT2D eigenvalue weighted by atomic mass is 10.1. The molecule has 1 heterocycles. The van der Waals surface area contributed by atoms with Gasteiger partial charge in [0.25, 0.3) is 5.91 Å². The van der Waals surface area contributed by atoms with Crippen molar-refractivity contribution in [1.29, 1.82) is 0 Å². The summed E-state index contributed by atoms with van der Waals surface area (Å²) in [4.78, 5) is 12.3. The van der Waals surface area contributed by atoms with Crippen molar-refractivity contribution >= 4 is 11.6 Å².